The van der Waals surface area contributed by atoms with Gasteiger partial charge in [0.2, 0.25) is 17.7 Å². The third-order valence-corrected chi connectivity index (χ3v) is 12.1. The summed E-state index contributed by atoms with van der Waals surface area (Å²) in [4.78, 5) is 61.9. The molecule has 4 fully saturated rings. The number of amides is 4. The van der Waals surface area contributed by atoms with Gasteiger partial charge in [0.1, 0.15) is 12.1 Å². The molecule has 3 heterocycles. The maximum absolute atomic E-state index is 13.6. The van der Waals surface area contributed by atoms with Gasteiger partial charge >= 0.3 is 0 Å². The number of rotatable bonds is 10. The van der Waals surface area contributed by atoms with E-state index in [-0.39, 0.29) is 35.7 Å². The summed E-state index contributed by atoms with van der Waals surface area (Å²) in [5.41, 5.74) is 0.0286. The van der Waals surface area contributed by atoms with Crippen LogP contribution in [0, 0.1) is 11.8 Å². The summed E-state index contributed by atoms with van der Waals surface area (Å²) in [6.45, 7) is 2.97. The fourth-order valence-corrected chi connectivity index (χ4v) is 8.65. The summed E-state index contributed by atoms with van der Waals surface area (Å²) >= 11 is 0. The maximum Gasteiger partial charge on any atom is 0.259 e. The number of piperidine rings is 2. The van der Waals surface area contributed by atoms with Crippen molar-refractivity contribution in [3.05, 3.63) is 127 Å². The molecule has 2 saturated heterocycles. The molecule has 57 heavy (non-hydrogen) atoms. The molecule has 9 rings (SSSR count). The van der Waals surface area contributed by atoms with Gasteiger partial charge in [-0.25, -0.2) is 4.98 Å². The number of aromatic nitrogens is 1. The summed E-state index contributed by atoms with van der Waals surface area (Å²) < 4.78 is 6.09. The van der Waals surface area contributed by atoms with Gasteiger partial charge in [0.15, 0.2) is 17.0 Å². The first-order valence-corrected chi connectivity index (χ1v) is 19.4. The number of benzene rings is 4. The van der Waals surface area contributed by atoms with Crippen LogP contribution in [0.3, 0.4) is 0 Å². The van der Waals surface area contributed by atoms with E-state index in [1.54, 1.807) is 101 Å². The van der Waals surface area contributed by atoms with Crippen LogP contribution in [0.1, 0.15) is 50.7 Å². The number of carbonyl (C=O) groups excluding carboxylic acids is 4. The quantitative estimate of drug-likeness (QED) is 0.141. The minimum absolute atomic E-state index is 0.0447. The highest BCUT2D eigenvalue weighted by Crippen LogP contribution is 2.50. The number of hydrogen-bond donors (Lipinski definition) is 4. The lowest BCUT2D eigenvalue weighted by Gasteiger charge is -2.33. The van der Waals surface area contributed by atoms with Crippen LogP contribution in [0.5, 0.6) is 0 Å². The number of carbonyl (C=O) groups is 4. The van der Waals surface area contributed by atoms with Gasteiger partial charge < -0.3 is 35.1 Å². The lowest BCUT2D eigenvalue weighted by molar-refractivity contribution is -0.155. The van der Waals surface area contributed by atoms with Gasteiger partial charge in [0, 0.05) is 34.6 Å². The molecule has 12 nitrogen and oxygen atoms in total. The van der Waals surface area contributed by atoms with Gasteiger partial charge in [-0.1, -0.05) is 60.7 Å². The SMILES string of the molecule is C[C@@](O)(C(=O)N1C(C(=O)Nc2ccc(-c3cnc(-c4ccc(NC(=O)C5CC6CC6N5C(=O)[C@@](C)(O)c5ccccc5)cc4)o3)cc2)CC2CC21)c1ccccc1. The van der Waals surface area contributed by atoms with Crippen molar-refractivity contribution < 1.29 is 33.8 Å². The van der Waals surface area contributed by atoms with E-state index in [4.69, 9.17) is 4.42 Å². The van der Waals surface area contributed by atoms with Crippen LogP contribution in [0.25, 0.3) is 22.8 Å². The zero-order valence-electron chi connectivity index (χ0n) is 31.5. The molecular weight excluding hydrogens is 723 g/mol. The summed E-state index contributed by atoms with van der Waals surface area (Å²) in [5, 5.41) is 28.4. The summed E-state index contributed by atoms with van der Waals surface area (Å²) in [6.07, 6.45) is 4.39. The molecule has 0 radical (unpaired) electrons. The van der Waals surface area contributed by atoms with E-state index < -0.39 is 35.1 Å². The highest BCUT2D eigenvalue weighted by molar-refractivity contribution is 6.00. The molecule has 4 aliphatic rings. The molecule has 6 unspecified atom stereocenters. The van der Waals surface area contributed by atoms with Crippen molar-refractivity contribution in [3.63, 3.8) is 0 Å². The number of aliphatic hydroxyl groups is 2. The molecule has 4 amide bonds. The zero-order chi connectivity index (χ0) is 39.6. The van der Waals surface area contributed by atoms with Crippen LogP contribution >= 0.6 is 0 Å². The summed E-state index contributed by atoms with van der Waals surface area (Å²) in [7, 11) is 0. The Labute approximate surface area is 329 Å². The van der Waals surface area contributed by atoms with Crippen LogP contribution in [0.4, 0.5) is 11.4 Å². The molecule has 4 aromatic carbocycles. The van der Waals surface area contributed by atoms with Crippen LogP contribution in [-0.2, 0) is 30.4 Å². The third kappa shape index (κ3) is 6.68. The van der Waals surface area contributed by atoms with Crippen LogP contribution in [0.15, 0.2) is 120 Å². The molecule has 2 saturated carbocycles. The molecule has 0 bridgehead atoms. The van der Waals surface area contributed by atoms with Crippen molar-refractivity contribution in [2.45, 2.75) is 74.9 Å². The van der Waals surface area contributed by atoms with Crippen LogP contribution < -0.4 is 10.6 Å². The molecule has 1 aromatic heterocycles. The smallest absolute Gasteiger partial charge is 0.259 e. The number of anilines is 2. The second-order valence-corrected chi connectivity index (χ2v) is 16.1. The standard InChI is InChI=1S/C45H43N5O7/c1-44(55,30-9-5-3-6-10-30)42(53)49-34-21-28(34)23-36(49)39(51)47-32-17-13-26(14-18-32)38-25-46-41(57-38)27-15-19-33(20-16-27)48-40(52)37-24-29-22-35(29)50(37)43(54)45(2,56)31-11-7-4-8-12-31/h3-20,25,28-29,34-37,55-56H,21-24H2,1-2H3,(H,47,51)(H,48,52)/t28?,29?,34?,35?,36?,37?,44-,45-/m0/s1. The Kier molecular flexibility index (Phi) is 8.86. The Balaban J connectivity index is 0.819. The topological polar surface area (TPSA) is 165 Å². The van der Waals surface area contributed by atoms with Crippen molar-refractivity contribution in [1.29, 1.82) is 0 Å². The average molecular weight is 766 g/mol. The predicted octanol–water partition coefficient (Wildman–Crippen LogP) is 5.68. The first kappa shape index (κ1) is 36.5. The minimum atomic E-state index is -1.75. The molecule has 2 aliphatic carbocycles. The number of likely N-dealkylation sites (tertiary alicyclic amines) is 2. The predicted molar refractivity (Wildman–Crippen MR) is 211 cm³/mol. The first-order valence-electron chi connectivity index (χ1n) is 19.4. The molecule has 5 aromatic rings. The van der Waals surface area contributed by atoms with Gasteiger partial charge in [-0.05, 0) is 111 Å². The molecule has 4 N–H and O–H groups in total. The number of hydrogen-bond acceptors (Lipinski definition) is 8. The van der Waals surface area contributed by atoms with Gasteiger partial charge in [0.05, 0.1) is 6.20 Å². The molecule has 8 atom stereocenters. The Morgan fingerprint density at radius 3 is 1.47 bits per heavy atom. The van der Waals surface area contributed by atoms with Crippen molar-refractivity contribution in [3.8, 4) is 22.8 Å². The number of fused-ring (bicyclic) bond motifs is 2. The Hall–Kier alpha value is -6.11. The summed E-state index contributed by atoms with van der Waals surface area (Å²) in [6, 6.07) is 30.4. The molecule has 0 spiro atoms. The average Bonchev–Trinajstić information content (AvgIpc) is 4.00. The highest BCUT2D eigenvalue weighted by Gasteiger charge is 2.59. The second kappa shape index (κ2) is 13.8. The van der Waals surface area contributed by atoms with Gasteiger partial charge in [-0.15, -0.1) is 0 Å². The van der Waals surface area contributed by atoms with E-state index in [9.17, 15) is 29.4 Å². The molecule has 290 valence electrons. The van der Waals surface area contributed by atoms with E-state index in [0.29, 0.717) is 52.6 Å². The van der Waals surface area contributed by atoms with Crippen LogP contribution in [-0.4, -0.2) is 72.8 Å². The van der Waals surface area contributed by atoms with E-state index in [1.807, 2.05) is 24.3 Å². The highest BCUT2D eigenvalue weighted by atomic mass is 16.4. The first-order chi connectivity index (χ1) is 27.4. The van der Waals surface area contributed by atoms with E-state index in [1.165, 1.54) is 13.8 Å². The van der Waals surface area contributed by atoms with Crippen LogP contribution in [0.2, 0.25) is 0 Å². The minimum Gasteiger partial charge on any atom is -0.436 e. The zero-order valence-corrected chi connectivity index (χ0v) is 31.5. The van der Waals surface area contributed by atoms with Crippen molar-refractivity contribution >= 4 is 35.0 Å². The second-order valence-electron chi connectivity index (χ2n) is 16.1. The Morgan fingerprint density at radius 2 is 1.04 bits per heavy atom. The van der Waals surface area contributed by atoms with Gasteiger partial charge in [-0.3, -0.25) is 19.2 Å². The monoisotopic (exact) mass is 765 g/mol. The lowest BCUT2D eigenvalue weighted by atomic mass is 9.93. The molecule has 2 aliphatic heterocycles. The summed E-state index contributed by atoms with van der Waals surface area (Å²) in [5.74, 6) is -0.122. The van der Waals surface area contributed by atoms with E-state index in [2.05, 4.69) is 15.6 Å². The van der Waals surface area contributed by atoms with Gasteiger partial charge in [-0.2, -0.15) is 0 Å². The van der Waals surface area contributed by atoms with Crippen molar-refractivity contribution in [1.82, 2.24) is 14.8 Å². The third-order valence-electron chi connectivity index (χ3n) is 12.1. The lowest BCUT2D eigenvalue weighted by Crippen LogP contribution is -2.52. The maximum atomic E-state index is 13.6. The Morgan fingerprint density at radius 1 is 0.614 bits per heavy atom. The fraction of sp³-hybridized carbons (Fsp3) is 0.311. The van der Waals surface area contributed by atoms with Crippen molar-refractivity contribution in [2.75, 3.05) is 10.6 Å². The fourth-order valence-electron chi connectivity index (χ4n) is 8.65. The normalized spacial score (nSPS) is 25.1. The molecular formula is C45H43N5O7. The Bertz CT molecular complexity index is 2180. The number of oxazole rings is 1. The van der Waals surface area contributed by atoms with E-state index >= 15 is 0 Å². The molecule has 12 heteroatoms. The van der Waals surface area contributed by atoms with Crippen molar-refractivity contribution in [2.24, 2.45) is 11.8 Å². The number of nitrogens with zero attached hydrogens (tertiary/aromatic N) is 3. The van der Waals surface area contributed by atoms with E-state index in [0.717, 1.165) is 18.4 Å². The van der Waals surface area contributed by atoms with Gasteiger partial charge in [0.25, 0.3) is 11.8 Å². The number of nitrogens with one attached hydrogen (secondary N) is 2. The largest absolute Gasteiger partial charge is 0.436 e.